The number of benzene rings is 3. The Labute approximate surface area is 135 Å². The van der Waals surface area contributed by atoms with Gasteiger partial charge in [0, 0.05) is 4.47 Å². The van der Waals surface area contributed by atoms with Crippen LogP contribution in [0, 0.1) is 0 Å². The van der Waals surface area contributed by atoms with Gasteiger partial charge in [-0.05, 0) is 44.9 Å². The molecule has 0 fully saturated rings. The third kappa shape index (κ3) is 1.74. The predicted octanol–water partition coefficient (Wildman–Crippen LogP) is 4.40. The van der Waals surface area contributed by atoms with Crippen LogP contribution in [0.1, 0.15) is 20.7 Å². The fourth-order valence-corrected chi connectivity index (χ4v) is 3.47. The minimum atomic E-state index is -0.281. The van der Waals surface area contributed by atoms with Crippen LogP contribution >= 0.6 is 15.9 Å². The molecule has 3 aromatic rings. The highest BCUT2D eigenvalue weighted by Gasteiger charge is 2.37. The molecule has 22 heavy (non-hydrogen) atoms. The highest BCUT2D eigenvalue weighted by molar-refractivity contribution is 9.10. The molecule has 4 rings (SSSR count). The van der Waals surface area contributed by atoms with E-state index in [9.17, 15) is 9.59 Å². The van der Waals surface area contributed by atoms with Gasteiger partial charge in [-0.1, -0.05) is 42.5 Å². The lowest BCUT2D eigenvalue weighted by atomic mass is 10.1. The van der Waals surface area contributed by atoms with Gasteiger partial charge in [-0.3, -0.25) is 9.59 Å². The number of carbonyl (C=O) groups is 2. The molecule has 106 valence electrons. The third-order valence-electron chi connectivity index (χ3n) is 3.88. The van der Waals surface area contributed by atoms with Gasteiger partial charge in [-0.2, -0.15) is 0 Å². The highest BCUT2D eigenvalue weighted by Crippen LogP contribution is 2.37. The summed E-state index contributed by atoms with van der Waals surface area (Å²) >= 11 is 3.55. The summed E-state index contributed by atoms with van der Waals surface area (Å²) in [5, 5.41) is 2.02. The fourth-order valence-electron chi connectivity index (χ4n) is 2.80. The number of amides is 2. The van der Waals surface area contributed by atoms with E-state index >= 15 is 0 Å². The molecular formula is C18H10BrNO2. The van der Waals surface area contributed by atoms with Gasteiger partial charge in [-0.15, -0.1) is 0 Å². The SMILES string of the molecule is O=C1c2ccccc2C(=O)N1c1ccc2ccccc2c1Br. The molecule has 1 aliphatic heterocycles. The molecule has 1 aliphatic rings. The summed E-state index contributed by atoms with van der Waals surface area (Å²) in [6.45, 7) is 0. The van der Waals surface area contributed by atoms with E-state index in [-0.39, 0.29) is 11.8 Å². The topological polar surface area (TPSA) is 37.4 Å². The molecule has 0 bridgehead atoms. The van der Waals surface area contributed by atoms with E-state index in [1.807, 2.05) is 30.3 Å². The molecule has 0 atom stereocenters. The molecule has 3 aromatic carbocycles. The number of halogens is 1. The minimum absolute atomic E-state index is 0.281. The van der Waals surface area contributed by atoms with E-state index in [0.717, 1.165) is 15.2 Å². The number of hydrogen-bond acceptors (Lipinski definition) is 2. The van der Waals surface area contributed by atoms with Crippen molar-refractivity contribution < 1.29 is 9.59 Å². The smallest absolute Gasteiger partial charge is 0.266 e. The van der Waals surface area contributed by atoms with Crippen LogP contribution in [0.4, 0.5) is 5.69 Å². The Kier molecular flexibility index (Phi) is 2.87. The number of fused-ring (bicyclic) bond motifs is 2. The van der Waals surface area contributed by atoms with Crippen LogP contribution in [0.2, 0.25) is 0 Å². The quantitative estimate of drug-likeness (QED) is 0.609. The summed E-state index contributed by atoms with van der Waals surface area (Å²) in [7, 11) is 0. The Morgan fingerprint density at radius 3 is 2.00 bits per heavy atom. The lowest BCUT2D eigenvalue weighted by Crippen LogP contribution is -2.29. The first-order chi connectivity index (χ1) is 10.7. The Hall–Kier alpha value is -2.46. The maximum absolute atomic E-state index is 12.6. The zero-order chi connectivity index (χ0) is 15.3. The van der Waals surface area contributed by atoms with Crippen molar-refractivity contribution in [3.63, 3.8) is 0 Å². The molecule has 0 unspecified atom stereocenters. The van der Waals surface area contributed by atoms with Gasteiger partial charge in [0.2, 0.25) is 0 Å². The second-order valence-corrected chi connectivity index (χ2v) is 5.90. The molecule has 0 aliphatic carbocycles. The van der Waals surface area contributed by atoms with E-state index in [1.165, 1.54) is 4.90 Å². The van der Waals surface area contributed by atoms with Gasteiger partial charge in [-0.25, -0.2) is 4.90 Å². The van der Waals surface area contributed by atoms with E-state index in [4.69, 9.17) is 0 Å². The highest BCUT2D eigenvalue weighted by atomic mass is 79.9. The summed E-state index contributed by atoms with van der Waals surface area (Å²) in [5.41, 5.74) is 1.48. The lowest BCUT2D eigenvalue weighted by Gasteiger charge is -2.17. The second-order valence-electron chi connectivity index (χ2n) is 5.11. The Bertz CT molecular complexity index is 914. The van der Waals surface area contributed by atoms with Crippen molar-refractivity contribution in [3.8, 4) is 0 Å². The number of anilines is 1. The summed E-state index contributed by atoms with van der Waals surface area (Å²) < 4.78 is 0.750. The van der Waals surface area contributed by atoms with Crippen molar-refractivity contribution >= 4 is 44.2 Å². The molecule has 1 heterocycles. The van der Waals surface area contributed by atoms with Crippen molar-refractivity contribution in [2.24, 2.45) is 0 Å². The van der Waals surface area contributed by atoms with Crippen molar-refractivity contribution in [2.45, 2.75) is 0 Å². The minimum Gasteiger partial charge on any atom is -0.268 e. The predicted molar refractivity (Wildman–Crippen MR) is 89.2 cm³/mol. The summed E-state index contributed by atoms with van der Waals surface area (Å²) in [6, 6.07) is 18.5. The molecule has 0 saturated heterocycles. The van der Waals surface area contributed by atoms with Gasteiger partial charge in [0.25, 0.3) is 11.8 Å². The molecular weight excluding hydrogens is 342 g/mol. The van der Waals surface area contributed by atoms with Crippen LogP contribution in [-0.4, -0.2) is 11.8 Å². The maximum atomic E-state index is 12.6. The van der Waals surface area contributed by atoms with Crippen LogP contribution in [-0.2, 0) is 0 Å². The van der Waals surface area contributed by atoms with E-state index < -0.39 is 0 Å². The molecule has 4 heteroatoms. The Morgan fingerprint density at radius 2 is 1.32 bits per heavy atom. The van der Waals surface area contributed by atoms with Gasteiger partial charge in [0.15, 0.2) is 0 Å². The molecule has 0 aromatic heterocycles. The van der Waals surface area contributed by atoms with Gasteiger partial charge < -0.3 is 0 Å². The normalized spacial score (nSPS) is 13.8. The number of carbonyl (C=O) groups excluding carboxylic acids is 2. The molecule has 0 radical (unpaired) electrons. The lowest BCUT2D eigenvalue weighted by molar-refractivity contribution is 0.0926. The Morgan fingerprint density at radius 1 is 0.727 bits per heavy atom. The zero-order valence-corrected chi connectivity index (χ0v) is 13.0. The molecule has 0 spiro atoms. The fraction of sp³-hybridized carbons (Fsp3) is 0. The van der Waals surface area contributed by atoms with Gasteiger partial charge in [0.05, 0.1) is 16.8 Å². The van der Waals surface area contributed by atoms with E-state index in [2.05, 4.69) is 15.9 Å². The first-order valence-corrected chi connectivity index (χ1v) is 7.63. The van der Waals surface area contributed by atoms with Crippen molar-refractivity contribution in [1.82, 2.24) is 0 Å². The maximum Gasteiger partial charge on any atom is 0.266 e. The van der Waals surface area contributed by atoms with Crippen LogP contribution < -0.4 is 4.90 Å². The molecule has 2 amide bonds. The standard InChI is InChI=1S/C18H10BrNO2/c19-16-12-6-2-1-5-11(12)9-10-15(16)20-17(21)13-7-3-4-8-14(13)18(20)22/h1-10H. The number of rotatable bonds is 1. The molecule has 3 nitrogen and oxygen atoms in total. The van der Waals surface area contributed by atoms with E-state index in [1.54, 1.807) is 30.3 Å². The van der Waals surface area contributed by atoms with Crippen molar-refractivity contribution in [3.05, 3.63) is 76.3 Å². The first kappa shape index (κ1) is 13.2. The van der Waals surface area contributed by atoms with Gasteiger partial charge in [0.1, 0.15) is 0 Å². The number of hydrogen-bond donors (Lipinski definition) is 0. The average molecular weight is 352 g/mol. The number of imide groups is 1. The average Bonchev–Trinajstić information content (AvgIpc) is 2.81. The van der Waals surface area contributed by atoms with Crippen molar-refractivity contribution in [2.75, 3.05) is 4.90 Å². The third-order valence-corrected chi connectivity index (χ3v) is 4.71. The van der Waals surface area contributed by atoms with Crippen LogP contribution in [0.3, 0.4) is 0 Å². The first-order valence-electron chi connectivity index (χ1n) is 6.83. The van der Waals surface area contributed by atoms with E-state index in [0.29, 0.717) is 16.8 Å². The zero-order valence-electron chi connectivity index (χ0n) is 11.4. The molecule has 0 saturated carbocycles. The van der Waals surface area contributed by atoms with Crippen LogP contribution in [0.5, 0.6) is 0 Å². The summed E-state index contributed by atoms with van der Waals surface area (Å²) in [4.78, 5) is 26.4. The second kappa shape index (κ2) is 4.78. The van der Waals surface area contributed by atoms with Crippen LogP contribution in [0.25, 0.3) is 10.8 Å². The monoisotopic (exact) mass is 351 g/mol. The van der Waals surface area contributed by atoms with Gasteiger partial charge >= 0.3 is 0 Å². The Balaban J connectivity index is 1.92. The summed E-state index contributed by atoms with van der Waals surface area (Å²) in [5.74, 6) is -0.562. The number of nitrogens with zero attached hydrogens (tertiary/aromatic N) is 1. The summed E-state index contributed by atoms with van der Waals surface area (Å²) in [6.07, 6.45) is 0. The molecule has 0 N–H and O–H groups in total. The largest absolute Gasteiger partial charge is 0.268 e. The van der Waals surface area contributed by atoms with Crippen molar-refractivity contribution in [1.29, 1.82) is 0 Å². The van der Waals surface area contributed by atoms with Crippen LogP contribution in [0.15, 0.2) is 65.1 Å².